The van der Waals surface area contributed by atoms with Gasteiger partial charge in [-0.2, -0.15) is 0 Å². The third-order valence-electron chi connectivity index (χ3n) is 4.76. The summed E-state index contributed by atoms with van der Waals surface area (Å²) in [6, 6.07) is 15.3. The highest BCUT2D eigenvalue weighted by Crippen LogP contribution is 2.31. The second-order valence-corrected chi connectivity index (χ2v) is 9.42. The number of benzene rings is 2. The summed E-state index contributed by atoms with van der Waals surface area (Å²) in [5.41, 5.74) is 3.26. The molecule has 6 nitrogen and oxygen atoms in total. The molecule has 0 saturated heterocycles. The molecule has 1 aliphatic rings. The molecule has 0 radical (unpaired) electrons. The second-order valence-electron chi connectivity index (χ2n) is 6.92. The zero-order chi connectivity index (χ0) is 21.7. The molecule has 1 aliphatic heterocycles. The van der Waals surface area contributed by atoms with E-state index in [1.54, 1.807) is 23.9 Å². The molecule has 2 N–H and O–H groups in total. The quantitative estimate of drug-likeness (QED) is 0.642. The molecule has 2 aromatic carbocycles. The van der Waals surface area contributed by atoms with Gasteiger partial charge in [0.25, 0.3) is 10.0 Å². The fourth-order valence-electron chi connectivity index (χ4n) is 3.15. The van der Waals surface area contributed by atoms with E-state index in [4.69, 9.17) is 0 Å². The summed E-state index contributed by atoms with van der Waals surface area (Å²) < 4.78 is 27.9. The van der Waals surface area contributed by atoms with Gasteiger partial charge in [0.15, 0.2) is 0 Å². The van der Waals surface area contributed by atoms with Gasteiger partial charge >= 0.3 is 0 Å². The number of thioether (sulfide) groups is 1. The minimum absolute atomic E-state index is 0.147. The van der Waals surface area contributed by atoms with Crippen LogP contribution >= 0.6 is 11.8 Å². The molecule has 8 heteroatoms. The van der Waals surface area contributed by atoms with Crippen LogP contribution in [0.15, 0.2) is 64.0 Å². The molecule has 1 heterocycles. The Kier molecular flexibility index (Phi) is 6.99. The maximum absolute atomic E-state index is 12.7. The minimum atomic E-state index is -3.71. The molecule has 3 rings (SSSR count). The number of aryl methyl sites for hydroxylation is 1. The van der Waals surface area contributed by atoms with Crippen LogP contribution in [0.1, 0.15) is 30.0 Å². The fraction of sp³-hybridized carbons (Fsp3) is 0.273. The van der Waals surface area contributed by atoms with Crippen LogP contribution in [0.4, 0.5) is 0 Å². The molecule has 158 valence electrons. The van der Waals surface area contributed by atoms with Crippen LogP contribution in [-0.2, 0) is 21.4 Å². The number of hydrogen-bond donors (Lipinski definition) is 2. The number of amidine groups is 1. The van der Waals surface area contributed by atoms with Crippen molar-refractivity contribution in [1.82, 2.24) is 10.0 Å². The molecule has 2 aromatic rings. The monoisotopic (exact) mass is 443 g/mol. The molecule has 0 spiro atoms. The topological polar surface area (TPSA) is 87.6 Å². The molecular formula is C22H25N3O3S2. The third kappa shape index (κ3) is 5.12. The third-order valence-corrected chi connectivity index (χ3v) is 6.98. The van der Waals surface area contributed by atoms with E-state index in [-0.39, 0.29) is 23.2 Å². The van der Waals surface area contributed by atoms with E-state index in [2.05, 4.69) is 15.0 Å². The Bertz CT molecular complexity index is 1090. The second kappa shape index (κ2) is 9.49. The fourth-order valence-corrected chi connectivity index (χ4v) is 5.11. The average molecular weight is 444 g/mol. The SMILES string of the molecule is CCC1=C(c2ccc(C)cc2)S(=O)(=O)NC1=NCC(=O)NCc1ccc(SC)cc1. The maximum Gasteiger partial charge on any atom is 0.264 e. The first-order valence-corrected chi connectivity index (χ1v) is 12.3. The van der Waals surface area contributed by atoms with E-state index >= 15 is 0 Å². The number of hydrogen-bond acceptors (Lipinski definition) is 5. The summed E-state index contributed by atoms with van der Waals surface area (Å²) in [7, 11) is -3.71. The van der Waals surface area contributed by atoms with Gasteiger partial charge in [0, 0.05) is 17.0 Å². The highest BCUT2D eigenvalue weighted by molar-refractivity contribution is 8.00. The van der Waals surface area contributed by atoms with Crippen molar-refractivity contribution < 1.29 is 13.2 Å². The molecule has 0 atom stereocenters. The zero-order valence-electron chi connectivity index (χ0n) is 17.2. The van der Waals surface area contributed by atoms with E-state index in [1.807, 2.05) is 56.5 Å². The summed E-state index contributed by atoms with van der Waals surface area (Å²) in [4.78, 5) is 17.9. The summed E-state index contributed by atoms with van der Waals surface area (Å²) >= 11 is 1.66. The molecule has 0 bridgehead atoms. The number of rotatable bonds is 7. The number of nitrogens with one attached hydrogen (secondary N) is 2. The van der Waals surface area contributed by atoms with Crippen LogP contribution in [0.3, 0.4) is 0 Å². The number of carbonyl (C=O) groups excluding carboxylic acids is 1. The maximum atomic E-state index is 12.7. The molecule has 0 aromatic heterocycles. The van der Waals surface area contributed by atoms with E-state index in [0.717, 1.165) is 16.0 Å². The lowest BCUT2D eigenvalue weighted by Crippen LogP contribution is -2.28. The number of amides is 1. The first-order chi connectivity index (χ1) is 14.3. The van der Waals surface area contributed by atoms with Gasteiger partial charge in [-0.05, 0) is 42.9 Å². The van der Waals surface area contributed by atoms with Gasteiger partial charge in [0.05, 0.1) is 0 Å². The largest absolute Gasteiger partial charge is 0.350 e. The van der Waals surface area contributed by atoms with Crippen molar-refractivity contribution >= 4 is 38.4 Å². The van der Waals surface area contributed by atoms with Crippen LogP contribution in [0.2, 0.25) is 0 Å². The van der Waals surface area contributed by atoms with Crippen molar-refractivity contribution in [3.05, 3.63) is 70.8 Å². The van der Waals surface area contributed by atoms with Crippen LogP contribution in [0, 0.1) is 6.92 Å². The Balaban J connectivity index is 1.72. The predicted molar refractivity (Wildman–Crippen MR) is 123 cm³/mol. The number of nitrogens with zero attached hydrogens (tertiary/aromatic N) is 1. The smallest absolute Gasteiger partial charge is 0.264 e. The van der Waals surface area contributed by atoms with Crippen molar-refractivity contribution in [3.8, 4) is 0 Å². The summed E-state index contributed by atoms with van der Waals surface area (Å²) in [6.45, 7) is 4.07. The first kappa shape index (κ1) is 22.1. The number of carbonyl (C=O) groups is 1. The van der Waals surface area contributed by atoms with Gasteiger partial charge < -0.3 is 5.32 Å². The van der Waals surface area contributed by atoms with Crippen LogP contribution in [-0.4, -0.2) is 33.0 Å². The Morgan fingerprint density at radius 1 is 1.10 bits per heavy atom. The van der Waals surface area contributed by atoms with Crippen LogP contribution < -0.4 is 10.0 Å². The lowest BCUT2D eigenvalue weighted by molar-refractivity contribution is -0.119. The van der Waals surface area contributed by atoms with E-state index in [0.29, 0.717) is 24.1 Å². The Hall–Kier alpha value is -2.58. The van der Waals surface area contributed by atoms with Gasteiger partial charge in [-0.25, -0.2) is 8.42 Å². The van der Waals surface area contributed by atoms with Crippen molar-refractivity contribution in [2.24, 2.45) is 4.99 Å². The summed E-state index contributed by atoms with van der Waals surface area (Å²) in [6.07, 6.45) is 2.49. The Labute approximate surface area is 181 Å². The zero-order valence-corrected chi connectivity index (χ0v) is 18.9. The van der Waals surface area contributed by atoms with Crippen LogP contribution in [0.25, 0.3) is 4.91 Å². The lowest BCUT2D eigenvalue weighted by atomic mass is 10.1. The van der Waals surface area contributed by atoms with Gasteiger partial charge in [-0.3, -0.25) is 14.5 Å². The Morgan fingerprint density at radius 3 is 2.37 bits per heavy atom. The molecule has 0 fully saturated rings. The number of sulfonamides is 1. The highest BCUT2D eigenvalue weighted by atomic mass is 32.2. The normalized spacial score (nSPS) is 16.6. The molecule has 30 heavy (non-hydrogen) atoms. The molecule has 0 unspecified atom stereocenters. The summed E-state index contributed by atoms with van der Waals surface area (Å²) in [5.74, 6) is -0.0255. The van der Waals surface area contributed by atoms with E-state index in [1.165, 1.54) is 0 Å². The Morgan fingerprint density at radius 2 is 1.77 bits per heavy atom. The number of aliphatic imine (C=N–C) groups is 1. The molecular weight excluding hydrogens is 418 g/mol. The van der Waals surface area contributed by atoms with Gasteiger partial charge in [-0.1, -0.05) is 48.9 Å². The van der Waals surface area contributed by atoms with Gasteiger partial charge in [0.2, 0.25) is 5.91 Å². The molecule has 0 saturated carbocycles. The lowest BCUT2D eigenvalue weighted by Gasteiger charge is -2.06. The average Bonchev–Trinajstić information content (AvgIpc) is 3.01. The van der Waals surface area contributed by atoms with Crippen molar-refractivity contribution in [2.45, 2.75) is 31.7 Å². The van der Waals surface area contributed by atoms with Gasteiger partial charge in [-0.15, -0.1) is 11.8 Å². The van der Waals surface area contributed by atoms with E-state index < -0.39 is 10.0 Å². The first-order valence-electron chi connectivity index (χ1n) is 9.61. The molecule has 1 amide bonds. The van der Waals surface area contributed by atoms with Crippen molar-refractivity contribution in [2.75, 3.05) is 12.8 Å². The van der Waals surface area contributed by atoms with E-state index in [9.17, 15) is 13.2 Å². The van der Waals surface area contributed by atoms with Crippen molar-refractivity contribution in [1.29, 1.82) is 0 Å². The standard InChI is InChI=1S/C22H25N3O3S2/c1-4-19-21(17-9-5-15(2)6-10-17)30(27,28)25-22(19)24-14-20(26)23-13-16-7-11-18(29-3)12-8-16/h5-12H,4,13-14H2,1-3H3,(H,23,26)(H,24,25). The predicted octanol–water partition coefficient (Wildman–Crippen LogP) is 3.49. The highest BCUT2D eigenvalue weighted by Gasteiger charge is 2.34. The van der Waals surface area contributed by atoms with Crippen molar-refractivity contribution in [3.63, 3.8) is 0 Å². The molecule has 0 aliphatic carbocycles. The van der Waals surface area contributed by atoms with Crippen LogP contribution in [0.5, 0.6) is 0 Å². The minimum Gasteiger partial charge on any atom is -0.350 e. The van der Waals surface area contributed by atoms with Gasteiger partial charge in [0.1, 0.15) is 17.3 Å². The summed E-state index contributed by atoms with van der Waals surface area (Å²) in [5, 5.41) is 2.82.